The number of hydrogen-bond acceptors (Lipinski definition) is 1. The zero-order valence-electron chi connectivity index (χ0n) is 14.6. The minimum absolute atomic E-state index is 1.07. The molecule has 2 aromatic rings. The predicted molar refractivity (Wildman–Crippen MR) is 101 cm³/mol. The van der Waals surface area contributed by atoms with E-state index in [2.05, 4.69) is 76.5 Å². The average Bonchev–Trinajstić information content (AvgIpc) is 2.54. The van der Waals surface area contributed by atoms with Crippen LogP contribution in [-0.2, 0) is 0 Å². The van der Waals surface area contributed by atoms with E-state index in [0.717, 1.165) is 10.9 Å². The maximum Gasteiger partial charge on any atom is 0.0817 e. The van der Waals surface area contributed by atoms with Gasteiger partial charge in [0.2, 0.25) is 0 Å². The molecule has 0 amide bonds. The van der Waals surface area contributed by atoms with Crippen LogP contribution in [0.1, 0.15) is 30.0 Å². The van der Waals surface area contributed by atoms with Crippen molar-refractivity contribution in [3.05, 3.63) is 65.2 Å². The van der Waals surface area contributed by atoms with Crippen molar-refractivity contribution in [1.82, 2.24) is 0 Å². The second-order valence-electron chi connectivity index (χ2n) is 6.98. The monoisotopic (exact) mass is 324 g/mol. The highest BCUT2D eigenvalue weighted by atomic mass is 32.2. The zero-order valence-corrected chi connectivity index (χ0v) is 15.4. The third-order valence-corrected chi connectivity index (χ3v) is 5.91. The van der Waals surface area contributed by atoms with Crippen molar-refractivity contribution in [1.29, 1.82) is 0 Å². The number of benzene rings is 2. The molecular weight excluding hydrogens is 298 g/mol. The van der Waals surface area contributed by atoms with Gasteiger partial charge in [-0.2, -0.15) is 0 Å². The SMILES string of the molecule is CC[N+](C)(C)CC/C=C1\c2ccccc2Sc2ccc(C)cc21. The Hall–Kier alpha value is -1.51. The number of quaternary nitrogens is 1. The lowest BCUT2D eigenvalue weighted by atomic mass is 9.95. The first-order valence-electron chi connectivity index (χ1n) is 8.40. The van der Waals surface area contributed by atoms with Crippen molar-refractivity contribution in [3.8, 4) is 0 Å². The van der Waals surface area contributed by atoms with Gasteiger partial charge < -0.3 is 4.48 Å². The Morgan fingerprint density at radius 1 is 1.00 bits per heavy atom. The van der Waals surface area contributed by atoms with Gasteiger partial charge in [-0.3, -0.25) is 0 Å². The summed E-state index contributed by atoms with van der Waals surface area (Å²) >= 11 is 1.89. The molecular formula is C21H26NS+. The molecule has 2 aromatic carbocycles. The van der Waals surface area contributed by atoms with Crippen molar-refractivity contribution < 1.29 is 4.48 Å². The van der Waals surface area contributed by atoms with E-state index in [1.807, 2.05) is 11.8 Å². The molecule has 120 valence electrons. The van der Waals surface area contributed by atoms with Crippen LogP contribution >= 0.6 is 11.8 Å². The van der Waals surface area contributed by atoms with E-state index < -0.39 is 0 Å². The number of fused-ring (bicyclic) bond motifs is 2. The molecule has 1 aliphatic rings. The fourth-order valence-electron chi connectivity index (χ4n) is 2.92. The number of hydrogen-bond donors (Lipinski definition) is 0. The van der Waals surface area contributed by atoms with E-state index in [4.69, 9.17) is 0 Å². The first-order chi connectivity index (χ1) is 11.0. The van der Waals surface area contributed by atoms with Gasteiger partial charge in [0, 0.05) is 16.2 Å². The molecule has 3 rings (SSSR count). The topological polar surface area (TPSA) is 0 Å². The molecule has 23 heavy (non-hydrogen) atoms. The highest BCUT2D eigenvalue weighted by Gasteiger charge is 2.20. The second kappa shape index (κ2) is 6.54. The third kappa shape index (κ3) is 3.54. The van der Waals surface area contributed by atoms with Gasteiger partial charge in [0.15, 0.2) is 0 Å². The highest BCUT2D eigenvalue weighted by Crippen LogP contribution is 2.45. The van der Waals surface area contributed by atoms with Crippen LogP contribution in [0.3, 0.4) is 0 Å². The van der Waals surface area contributed by atoms with Gasteiger partial charge in [0.05, 0.1) is 27.2 Å². The zero-order chi connectivity index (χ0) is 16.4. The summed E-state index contributed by atoms with van der Waals surface area (Å²) in [5, 5.41) is 0. The minimum Gasteiger partial charge on any atom is -0.328 e. The summed E-state index contributed by atoms with van der Waals surface area (Å²) in [5.74, 6) is 0. The summed E-state index contributed by atoms with van der Waals surface area (Å²) < 4.78 is 1.07. The lowest BCUT2D eigenvalue weighted by molar-refractivity contribution is -0.888. The van der Waals surface area contributed by atoms with Crippen molar-refractivity contribution in [2.45, 2.75) is 30.1 Å². The van der Waals surface area contributed by atoms with Crippen LogP contribution < -0.4 is 0 Å². The van der Waals surface area contributed by atoms with Crippen molar-refractivity contribution >= 4 is 17.3 Å². The number of nitrogens with zero attached hydrogens (tertiary/aromatic N) is 1. The molecule has 0 aliphatic carbocycles. The first-order valence-corrected chi connectivity index (χ1v) is 9.22. The molecule has 1 heterocycles. The van der Waals surface area contributed by atoms with Gasteiger partial charge in [0.1, 0.15) is 0 Å². The Bertz CT molecular complexity index is 743. The standard InChI is InChI=1S/C21H26NS/c1-5-22(3,4)14-8-10-17-18-9-6-7-11-20(18)23-21-13-12-16(2)15-19(17)21/h6-7,9-13,15H,5,8,14H2,1-4H3/q+1/b17-10+. The van der Waals surface area contributed by atoms with Crippen LogP contribution in [0.4, 0.5) is 0 Å². The molecule has 0 saturated carbocycles. The Kier molecular flexibility index (Phi) is 4.65. The average molecular weight is 325 g/mol. The van der Waals surface area contributed by atoms with Gasteiger partial charge in [0.25, 0.3) is 0 Å². The molecule has 1 aliphatic heterocycles. The van der Waals surface area contributed by atoms with Crippen LogP contribution in [-0.4, -0.2) is 31.7 Å². The lowest BCUT2D eigenvalue weighted by Crippen LogP contribution is -2.39. The van der Waals surface area contributed by atoms with E-state index in [1.165, 1.54) is 45.1 Å². The van der Waals surface area contributed by atoms with Gasteiger partial charge in [-0.25, -0.2) is 0 Å². The van der Waals surface area contributed by atoms with Crippen molar-refractivity contribution in [3.63, 3.8) is 0 Å². The summed E-state index contributed by atoms with van der Waals surface area (Å²) in [6.45, 7) is 6.79. The molecule has 0 spiro atoms. The molecule has 0 N–H and O–H groups in total. The van der Waals surface area contributed by atoms with Crippen LogP contribution in [0.15, 0.2) is 58.3 Å². The fraction of sp³-hybridized carbons (Fsp3) is 0.333. The second-order valence-corrected chi connectivity index (χ2v) is 8.06. The molecule has 2 heteroatoms. The Labute approximate surface area is 144 Å². The van der Waals surface area contributed by atoms with Gasteiger partial charge in [-0.15, -0.1) is 0 Å². The van der Waals surface area contributed by atoms with Crippen molar-refractivity contribution in [2.75, 3.05) is 27.2 Å². The van der Waals surface area contributed by atoms with Crippen LogP contribution in [0.2, 0.25) is 0 Å². The lowest BCUT2D eigenvalue weighted by Gasteiger charge is -2.28. The Balaban J connectivity index is 2.00. The molecule has 1 nitrogen and oxygen atoms in total. The minimum atomic E-state index is 1.07. The predicted octanol–water partition coefficient (Wildman–Crippen LogP) is 5.38. The number of rotatable bonds is 4. The fourth-order valence-corrected chi connectivity index (χ4v) is 4.01. The van der Waals surface area contributed by atoms with Gasteiger partial charge in [-0.05, 0) is 42.7 Å². The van der Waals surface area contributed by atoms with Crippen molar-refractivity contribution in [2.24, 2.45) is 0 Å². The van der Waals surface area contributed by atoms with E-state index in [-0.39, 0.29) is 0 Å². The van der Waals surface area contributed by atoms with Gasteiger partial charge in [-0.1, -0.05) is 53.7 Å². The molecule has 0 bridgehead atoms. The first kappa shape index (κ1) is 16.4. The summed E-state index contributed by atoms with van der Waals surface area (Å²) in [6, 6.07) is 15.6. The smallest absolute Gasteiger partial charge is 0.0817 e. The molecule has 0 aromatic heterocycles. The van der Waals surface area contributed by atoms with E-state index in [0.29, 0.717) is 0 Å². The molecule has 0 unspecified atom stereocenters. The Morgan fingerprint density at radius 3 is 2.52 bits per heavy atom. The summed E-state index contributed by atoms with van der Waals surface area (Å²) in [5.41, 5.74) is 5.53. The quantitative estimate of drug-likeness (QED) is 0.581. The largest absolute Gasteiger partial charge is 0.328 e. The summed E-state index contributed by atoms with van der Waals surface area (Å²) in [4.78, 5) is 2.75. The van der Waals surface area contributed by atoms with E-state index in [1.54, 1.807) is 0 Å². The number of aryl methyl sites for hydroxylation is 1. The molecule has 0 saturated heterocycles. The normalized spacial score (nSPS) is 15.4. The molecule has 0 radical (unpaired) electrons. The van der Waals surface area contributed by atoms with E-state index >= 15 is 0 Å². The van der Waals surface area contributed by atoms with Gasteiger partial charge >= 0.3 is 0 Å². The molecule has 0 atom stereocenters. The van der Waals surface area contributed by atoms with Crippen LogP contribution in [0, 0.1) is 6.92 Å². The maximum atomic E-state index is 2.45. The van der Waals surface area contributed by atoms with E-state index in [9.17, 15) is 0 Å². The molecule has 0 fully saturated rings. The van der Waals surface area contributed by atoms with Crippen LogP contribution in [0.25, 0.3) is 5.57 Å². The summed E-state index contributed by atoms with van der Waals surface area (Å²) in [6.07, 6.45) is 3.56. The van der Waals surface area contributed by atoms with Crippen LogP contribution in [0.5, 0.6) is 0 Å². The summed E-state index contributed by atoms with van der Waals surface area (Å²) in [7, 11) is 4.61. The maximum absolute atomic E-state index is 2.45. The third-order valence-electron chi connectivity index (χ3n) is 4.76. The Morgan fingerprint density at radius 2 is 1.74 bits per heavy atom. The highest BCUT2D eigenvalue weighted by molar-refractivity contribution is 7.99.